The van der Waals surface area contributed by atoms with E-state index in [1.54, 1.807) is 13.0 Å². The summed E-state index contributed by atoms with van der Waals surface area (Å²) in [7, 11) is 0. The average molecular weight is 281 g/mol. The van der Waals surface area contributed by atoms with Crippen molar-refractivity contribution in [3.8, 4) is 0 Å². The highest BCUT2D eigenvalue weighted by Crippen LogP contribution is 2.24. The summed E-state index contributed by atoms with van der Waals surface area (Å²) < 4.78 is 5.38. The van der Waals surface area contributed by atoms with Crippen LogP contribution in [0.5, 0.6) is 0 Å². The van der Waals surface area contributed by atoms with Crippen molar-refractivity contribution in [2.24, 2.45) is 0 Å². The van der Waals surface area contributed by atoms with Gasteiger partial charge in [0.1, 0.15) is 12.2 Å². The van der Waals surface area contributed by atoms with Crippen LogP contribution in [0.1, 0.15) is 17.0 Å². The zero-order valence-electron chi connectivity index (χ0n) is 10.5. The summed E-state index contributed by atoms with van der Waals surface area (Å²) in [5.41, 5.74) is 2.33. The molecule has 2 aromatic rings. The van der Waals surface area contributed by atoms with Gasteiger partial charge in [0.25, 0.3) is 6.01 Å². The Morgan fingerprint density at radius 3 is 2.84 bits per heavy atom. The van der Waals surface area contributed by atoms with Crippen molar-refractivity contribution in [3.63, 3.8) is 0 Å². The van der Waals surface area contributed by atoms with Gasteiger partial charge in [0.05, 0.1) is 5.69 Å². The minimum Gasteiger partial charge on any atom is -0.481 e. The molecular weight excluding hydrogens is 268 g/mol. The first-order chi connectivity index (χ1) is 8.95. The molecule has 0 spiro atoms. The summed E-state index contributed by atoms with van der Waals surface area (Å²) in [5.74, 6) is -0.602. The van der Waals surface area contributed by atoms with Crippen molar-refractivity contribution < 1.29 is 14.3 Å². The maximum absolute atomic E-state index is 10.7. The second kappa shape index (κ2) is 5.32. The zero-order chi connectivity index (χ0) is 14.0. The number of aliphatic carboxylic acids is 1. The lowest BCUT2D eigenvalue weighted by atomic mass is 10.2. The molecule has 0 atom stereocenters. The Morgan fingerprint density at radius 1 is 1.47 bits per heavy atom. The van der Waals surface area contributed by atoms with Crippen LogP contribution in [0.15, 0.2) is 22.6 Å². The first kappa shape index (κ1) is 13.4. The van der Waals surface area contributed by atoms with E-state index in [4.69, 9.17) is 21.1 Å². The summed E-state index contributed by atoms with van der Waals surface area (Å²) in [6, 6.07) is 5.66. The van der Waals surface area contributed by atoms with Gasteiger partial charge in [-0.2, -0.15) is 4.98 Å². The van der Waals surface area contributed by atoms with Gasteiger partial charge in [0.15, 0.2) is 0 Å². The number of carboxylic acids is 1. The molecule has 0 radical (unpaired) electrons. The van der Waals surface area contributed by atoms with E-state index >= 15 is 0 Å². The number of hydrogen-bond acceptors (Lipinski definition) is 4. The molecule has 2 N–H and O–H groups in total. The summed E-state index contributed by atoms with van der Waals surface area (Å²) in [6.07, 6.45) is -0.180. The summed E-state index contributed by atoms with van der Waals surface area (Å²) >= 11 is 5.87. The SMILES string of the molecule is Cc1cc(Cl)ccc1Nc1nc(C)c(CC(=O)O)o1. The van der Waals surface area contributed by atoms with Crippen LogP contribution in [0.3, 0.4) is 0 Å². The van der Waals surface area contributed by atoms with Gasteiger partial charge in [-0.15, -0.1) is 0 Å². The Bertz CT molecular complexity index is 622. The molecule has 0 unspecified atom stereocenters. The van der Waals surface area contributed by atoms with E-state index in [1.807, 2.05) is 19.1 Å². The van der Waals surface area contributed by atoms with Gasteiger partial charge in [-0.1, -0.05) is 11.6 Å². The van der Waals surface area contributed by atoms with E-state index < -0.39 is 5.97 Å². The van der Waals surface area contributed by atoms with Crippen LogP contribution >= 0.6 is 11.6 Å². The Kier molecular flexibility index (Phi) is 3.76. The quantitative estimate of drug-likeness (QED) is 0.898. The standard InChI is InChI=1S/C13H13ClN2O3/c1-7-5-9(14)3-4-10(7)16-13-15-8(2)11(19-13)6-12(17)18/h3-5H,6H2,1-2H3,(H,15,16)(H,17,18). The van der Waals surface area contributed by atoms with E-state index in [9.17, 15) is 4.79 Å². The minimum absolute atomic E-state index is 0.180. The number of oxazole rings is 1. The van der Waals surface area contributed by atoms with Gasteiger partial charge in [0.2, 0.25) is 0 Å². The molecule has 0 fully saturated rings. The Morgan fingerprint density at radius 2 is 2.21 bits per heavy atom. The maximum atomic E-state index is 10.7. The molecule has 0 saturated carbocycles. The molecule has 2 rings (SSSR count). The number of nitrogens with zero attached hydrogens (tertiary/aromatic N) is 1. The molecule has 1 heterocycles. The fraction of sp³-hybridized carbons (Fsp3) is 0.231. The van der Waals surface area contributed by atoms with Crippen molar-refractivity contribution in [2.75, 3.05) is 5.32 Å². The summed E-state index contributed by atoms with van der Waals surface area (Å²) in [5, 5.41) is 12.4. The molecular formula is C13H13ClN2O3. The van der Waals surface area contributed by atoms with Crippen molar-refractivity contribution in [1.29, 1.82) is 0 Å². The molecule has 5 nitrogen and oxygen atoms in total. The average Bonchev–Trinajstić information content (AvgIpc) is 2.62. The maximum Gasteiger partial charge on any atom is 0.311 e. The number of carboxylic acid groups (broad SMARTS) is 1. The molecule has 1 aromatic carbocycles. The fourth-order valence-corrected chi connectivity index (χ4v) is 1.89. The molecule has 6 heteroatoms. The van der Waals surface area contributed by atoms with E-state index in [0.29, 0.717) is 16.5 Å². The van der Waals surface area contributed by atoms with Crippen molar-refractivity contribution in [3.05, 3.63) is 40.2 Å². The van der Waals surface area contributed by atoms with Crippen LogP contribution in [-0.4, -0.2) is 16.1 Å². The first-order valence-electron chi connectivity index (χ1n) is 5.67. The van der Waals surface area contributed by atoms with Crippen LogP contribution in [0, 0.1) is 13.8 Å². The largest absolute Gasteiger partial charge is 0.481 e. The second-order valence-corrected chi connectivity index (χ2v) is 4.62. The number of carbonyl (C=O) groups is 1. The van der Waals surface area contributed by atoms with Crippen LogP contribution in [0.4, 0.5) is 11.7 Å². The van der Waals surface area contributed by atoms with Crippen molar-refractivity contribution >= 4 is 29.3 Å². The highest BCUT2D eigenvalue weighted by atomic mass is 35.5. The fourth-order valence-electron chi connectivity index (χ4n) is 1.67. The lowest BCUT2D eigenvalue weighted by Gasteiger charge is -2.05. The predicted octanol–water partition coefficient (Wildman–Crippen LogP) is 3.32. The Balaban J connectivity index is 2.21. The zero-order valence-corrected chi connectivity index (χ0v) is 11.3. The molecule has 0 aliphatic rings. The number of aryl methyl sites for hydroxylation is 2. The summed E-state index contributed by atoms with van der Waals surface area (Å²) in [6.45, 7) is 3.61. The topological polar surface area (TPSA) is 75.4 Å². The highest BCUT2D eigenvalue weighted by Gasteiger charge is 2.13. The molecule has 19 heavy (non-hydrogen) atoms. The van der Waals surface area contributed by atoms with Crippen LogP contribution in [-0.2, 0) is 11.2 Å². The number of halogens is 1. The molecule has 1 aromatic heterocycles. The van der Waals surface area contributed by atoms with Gasteiger partial charge < -0.3 is 14.8 Å². The molecule has 100 valence electrons. The third-order valence-corrected chi connectivity index (χ3v) is 2.87. The molecule has 0 aliphatic carbocycles. The molecule has 0 saturated heterocycles. The van der Waals surface area contributed by atoms with Gasteiger partial charge in [-0.05, 0) is 37.6 Å². The molecule has 0 aliphatic heterocycles. The minimum atomic E-state index is -0.950. The smallest absolute Gasteiger partial charge is 0.311 e. The lowest BCUT2D eigenvalue weighted by molar-refractivity contribution is -0.136. The second-order valence-electron chi connectivity index (χ2n) is 4.18. The number of nitrogens with one attached hydrogen (secondary N) is 1. The Labute approximate surface area is 115 Å². The highest BCUT2D eigenvalue weighted by molar-refractivity contribution is 6.30. The third-order valence-electron chi connectivity index (χ3n) is 2.63. The number of rotatable bonds is 4. The van der Waals surface area contributed by atoms with Crippen molar-refractivity contribution in [2.45, 2.75) is 20.3 Å². The predicted molar refractivity (Wildman–Crippen MR) is 72.1 cm³/mol. The van der Waals surface area contributed by atoms with E-state index in [2.05, 4.69) is 10.3 Å². The van der Waals surface area contributed by atoms with Crippen LogP contribution in [0.2, 0.25) is 5.02 Å². The first-order valence-corrected chi connectivity index (χ1v) is 6.05. The van der Waals surface area contributed by atoms with E-state index in [0.717, 1.165) is 11.3 Å². The molecule has 0 bridgehead atoms. The van der Waals surface area contributed by atoms with Gasteiger partial charge >= 0.3 is 5.97 Å². The van der Waals surface area contributed by atoms with E-state index in [-0.39, 0.29) is 12.4 Å². The van der Waals surface area contributed by atoms with Crippen molar-refractivity contribution in [1.82, 2.24) is 4.98 Å². The Hall–Kier alpha value is -2.01. The lowest BCUT2D eigenvalue weighted by Crippen LogP contribution is -1.99. The number of aromatic nitrogens is 1. The number of hydrogen-bond donors (Lipinski definition) is 2. The normalized spacial score (nSPS) is 10.5. The number of benzene rings is 1. The van der Waals surface area contributed by atoms with Crippen LogP contribution in [0.25, 0.3) is 0 Å². The molecule has 0 amide bonds. The third kappa shape index (κ3) is 3.26. The van der Waals surface area contributed by atoms with Gasteiger partial charge in [0, 0.05) is 10.7 Å². The monoisotopic (exact) mass is 280 g/mol. The number of anilines is 2. The van der Waals surface area contributed by atoms with E-state index in [1.165, 1.54) is 0 Å². The van der Waals surface area contributed by atoms with Gasteiger partial charge in [-0.25, -0.2) is 0 Å². The van der Waals surface area contributed by atoms with Crippen LogP contribution < -0.4 is 5.32 Å². The summed E-state index contributed by atoms with van der Waals surface area (Å²) in [4.78, 5) is 14.8. The van der Waals surface area contributed by atoms with Gasteiger partial charge in [-0.3, -0.25) is 4.79 Å².